The Morgan fingerprint density at radius 2 is 2.07 bits per heavy atom. The third-order valence-corrected chi connectivity index (χ3v) is 4.94. The molecule has 4 amide bonds. The zero-order chi connectivity index (χ0) is 19.8. The number of benzene rings is 1. The molecule has 0 bridgehead atoms. The smallest absolute Gasteiger partial charge is 0.325 e. The number of halogens is 2. The van der Waals surface area contributed by atoms with Crippen LogP contribution in [0.1, 0.15) is 31.2 Å². The minimum Gasteiger partial charge on any atom is -0.467 e. The van der Waals surface area contributed by atoms with Crippen molar-refractivity contribution in [2.24, 2.45) is 0 Å². The number of urea groups is 1. The summed E-state index contributed by atoms with van der Waals surface area (Å²) in [5.74, 6) is -0.496. The van der Waals surface area contributed by atoms with Crippen molar-refractivity contribution in [1.82, 2.24) is 15.5 Å². The van der Waals surface area contributed by atoms with E-state index in [9.17, 15) is 14.4 Å². The molecule has 2 N–H and O–H groups in total. The molecule has 1 aromatic heterocycles. The third-order valence-electron chi connectivity index (χ3n) is 4.39. The number of nitrogens with zero attached hydrogens (tertiary/aromatic N) is 1. The van der Waals surface area contributed by atoms with Gasteiger partial charge in [0.25, 0.3) is 5.91 Å². The first kappa shape index (κ1) is 19.3. The van der Waals surface area contributed by atoms with Gasteiger partial charge >= 0.3 is 6.03 Å². The van der Waals surface area contributed by atoms with Crippen molar-refractivity contribution >= 4 is 41.0 Å². The number of rotatable bonds is 5. The maximum atomic E-state index is 12.9. The second kappa shape index (κ2) is 7.25. The molecule has 0 unspecified atom stereocenters. The van der Waals surface area contributed by atoms with Crippen LogP contribution in [-0.4, -0.2) is 29.3 Å². The van der Waals surface area contributed by atoms with E-state index in [1.165, 1.54) is 19.3 Å². The van der Waals surface area contributed by atoms with E-state index in [1.54, 1.807) is 31.2 Å². The lowest BCUT2D eigenvalue weighted by Crippen LogP contribution is -2.43. The van der Waals surface area contributed by atoms with E-state index in [0.29, 0.717) is 16.3 Å². The van der Waals surface area contributed by atoms with Crippen LogP contribution in [0.2, 0.25) is 10.0 Å². The Morgan fingerprint density at radius 3 is 2.70 bits per heavy atom. The Balaban J connectivity index is 1.75. The molecule has 9 heteroatoms. The minimum atomic E-state index is -1.38. The molecule has 27 heavy (non-hydrogen) atoms. The quantitative estimate of drug-likeness (QED) is 0.741. The number of hydrogen-bond donors (Lipinski definition) is 2. The number of imide groups is 1. The van der Waals surface area contributed by atoms with Crippen molar-refractivity contribution in [3.05, 3.63) is 58.0 Å². The van der Waals surface area contributed by atoms with Gasteiger partial charge in [0.05, 0.1) is 12.3 Å². The zero-order valence-electron chi connectivity index (χ0n) is 14.6. The van der Waals surface area contributed by atoms with E-state index >= 15 is 0 Å². The Morgan fingerprint density at radius 1 is 1.33 bits per heavy atom. The van der Waals surface area contributed by atoms with E-state index in [4.69, 9.17) is 27.6 Å². The van der Waals surface area contributed by atoms with Gasteiger partial charge in [-0.1, -0.05) is 29.3 Å². The van der Waals surface area contributed by atoms with Crippen LogP contribution in [0.5, 0.6) is 0 Å². The lowest BCUT2D eigenvalue weighted by Gasteiger charge is -2.23. The molecule has 0 spiro atoms. The summed E-state index contributed by atoms with van der Waals surface area (Å²) in [6, 6.07) is 7.00. The van der Waals surface area contributed by atoms with Gasteiger partial charge in [-0.3, -0.25) is 14.5 Å². The lowest BCUT2D eigenvalue weighted by atomic mass is 9.92. The summed E-state index contributed by atoms with van der Waals surface area (Å²) in [4.78, 5) is 38.3. The normalized spacial score (nSPS) is 20.5. The number of nitrogens with one attached hydrogen (secondary N) is 2. The fourth-order valence-electron chi connectivity index (χ4n) is 2.96. The largest absolute Gasteiger partial charge is 0.467 e. The Bertz CT molecular complexity index is 900. The number of furan rings is 1. The van der Waals surface area contributed by atoms with Crippen molar-refractivity contribution in [2.45, 2.75) is 25.4 Å². The summed E-state index contributed by atoms with van der Waals surface area (Å²) >= 11 is 12.1. The van der Waals surface area contributed by atoms with Crippen LogP contribution >= 0.6 is 23.2 Å². The SMILES string of the molecule is C[C@H](NC(=O)CN1C(=O)N[C@@](C)(c2ccc(Cl)cc2Cl)C1=O)c1ccco1. The Labute approximate surface area is 165 Å². The third kappa shape index (κ3) is 3.65. The molecule has 7 nitrogen and oxygen atoms in total. The van der Waals surface area contributed by atoms with Gasteiger partial charge in [-0.15, -0.1) is 0 Å². The van der Waals surface area contributed by atoms with Gasteiger partial charge < -0.3 is 15.1 Å². The van der Waals surface area contributed by atoms with Crippen molar-refractivity contribution < 1.29 is 18.8 Å². The summed E-state index contributed by atoms with van der Waals surface area (Å²) in [6.45, 7) is 2.85. The van der Waals surface area contributed by atoms with Crippen molar-refractivity contribution in [1.29, 1.82) is 0 Å². The monoisotopic (exact) mass is 409 g/mol. The van der Waals surface area contributed by atoms with E-state index in [-0.39, 0.29) is 5.02 Å². The van der Waals surface area contributed by atoms with Crippen LogP contribution in [0.3, 0.4) is 0 Å². The van der Waals surface area contributed by atoms with E-state index < -0.39 is 36.0 Å². The molecule has 1 fully saturated rings. The van der Waals surface area contributed by atoms with Crippen molar-refractivity contribution in [2.75, 3.05) is 6.54 Å². The van der Waals surface area contributed by atoms with E-state index in [1.807, 2.05) is 0 Å². The summed E-state index contributed by atoms with van der Waals surface area (Å²) in [6.07, 6.45) is 1.50. The average molecular weight is 410 g/mol. The fraction of sp³-hybridized carbons (Fsp3) is 0.278. The Hall–Kier alpha value is -2.51. The van der Waals surface area contributed by atoms with Crippen molar-refractivity contribution in [3.63, 3.8) is 0 Å². The molecular weight excluding hydrogens is 393 g/mol. The van der Waals surface area contributed by atoms with Gasteiger partial charge in [0, 0.05) is 15.6 Å². The lowest BCUT2D eigenvalue weighted by molar-refractivity contribution is -0.135. The van der Waals surface area contributed by atoms with Gasteiger partial charge in [-0.2, -0.15) is 0 Å². The Kier molecular flexibility index (Phi) is 5.17. The molecule has 1 aliphatic heterocycles. The highest BCUT2D eigenvalue weighted by atomic mass is 35.5. The van der Waals surface area contributed by atoms with Crippen molar-refractivity contribution in [3.8, 4) is 0 Å². The van der Waals surface area contributed by atoms with Gasteiger partial charge in [-0.25, -0.2) is 4.79 Å². The standard InChI is InChI=1S/C18H17Cl2N3O4/c1-10(14-4-3-7-27-14)21-15(24)9-23-16(25)18(2,22-17(23)26)12-6-5-11(19)8-13(12)20/h3-8,10H,9H2,1-2H3,(H,21,24)(H,22,26)/t10-,18-/m0/s1. The van der Waals surface area contributed by atoms with Gasteiger partial charge in [-0.05, 0) is 38.1 Å². The first-order valence-corrected chi connectivity index (χ1v) is 8.90. The van der Waals surface area contributed by atoms with Crippen LogP contribution in [0, 0.1) is 0 Å². The van der Waals surface area contributed by atoms with E-state index in [2.05, 4.69) is 10.6 Å². The molecular formula is C18H17Cl2N3O4. The number of carbonyl (C=O) groups is 3. The predicted molar refractivity (Wildman–Crippen MR) is 99.3 cm³/mol. The molecule has 0 aliphatic carbocycles. The maximum absolute atomic E-state index is 12.9. The minimum absolute atomic E-state index is 0.247. The first-order valence-electron chi connectivity index (χ1n) is 8.15. The molecule has 2 aromatic rings. The molecule has 2 heterocycles. The highest BCUT2D eigenvalue weighted by Crippen LogP contribution is 2.34. The van der Waals surface area contributed by atoms with E-state index in [0.717, 1.165) is 4.90 Å². The highest BCUT2D eigenvalue weighted by molar-refractivity contribution is 6.35. The number of carbonyl (C=O) groups excluding carboxylic acids is 3. The maximum Gasteiger partial charge on any atom is 0.325 e. The topological polar surface area (TPSA) is 91.7 Å². The summed E-state index contributed by atoms with van der Waals surface area (Å²) in [5.41, 5.74) is -0.982. The summed E-state index contributed by atoms with van der Waals surface area (Å²) in [7, 11) is 0. The molecule has 1 aromatic carbocycles. The molecule has 142 valence electrons. The average Bonchev–Trinajstić information content (AvgIpc) is 3.19. The second-order valence-electron chi connectivity index (χ2n) is 6.38. The molecule has 0 saturated carbocycles. The van der Waals surface area contributed by atoms with Gasteiger partial charge in [0.2, 0.25) is 5.91 Å². The molecule has 0 radical (unpaired) electrons. The first-order chi connectivity index (χ1) is 12.7. The van der Waals surface area contributed by atoms with Gasteiger partial charge in [0.15, 0.2) is 0 Å². The van der Waals surface area contributed by atoms with Crippen LogP contribution in [0.4, 0.5) is 4.79 Å². The number of hydrogen-bond acceptors (Lipinski definition) is 4. The van der Waals surface area contributed by atoms with Crippen LogP contribution in [0.25, 0.3) is 0 Å². The zero-order valence-corrected chi connectivity index (χ0v) is 16.1. The molecule has 1 aliphatic rings. The molecule has 3 rings (SSSR count). The summed E-state index contributed by atoms with van der Waals surface area (Å²) < 4.78 is 5.22. The van der Waals surface area contributed by atoms with Crippen LogP contribution in [0.15, 0.2) is 41.0 Å². The molecule has 2 atom stereocenters. The fourth-order valence-corrected chi connectivity index (χ4v) is 3.56. The second-order valence-corrected chi connectivity index (χ2v) is 7.22. The number of amides is 4. The van der Waals surface area contributed by atoms with Gasteiger partial charge in [0.1, 0.15) is 17.8 Å². The molecule has 1 saturated heterocycles. The summed E-state index contributed by atoms with van der Waals surface area (Å²) in [5, 5.41) is 5.95. The van der Waals surface area contributed by atoms with Crippen LogP contribution < -0.4 is 10.6 Å². The van der Waals surface area contributed by atoms with Crippen LogP contribution in [-0.2, 0) is 15.1 Å². The predicted octanol–water partition coefficient (Wildman–Crippen LogP) is 3.23. The highest BCUT2D eigenvalue weighted by Gasteiger charge is 2.50.